The first-order valence-corrected chi connectivity index (χ1v) is 11.7. The minimum absolute atomic E-state index is 0.0669. The third-order valence-electron chi connectivity index (χ3n) is 6.52. The van der Waals surface area contributed by atoms with Crippen molar-refractivity contribution in [2.45, 2.75) is 57.1 Å². The van der Waals surface area contributed by atoms with Crippen LogP contribution >= 0.6 is 0 Å². The second-order valence-electron chi connectivity index (χ2n) is 9.51. The molecule has 188 valence electrons. The van der Waals surface area contributed by atoms with Gasteiger partial charge in [-0.05, 0) is 36.0 Å². The predicted molar refractivity (Wildman–Crippen MR) is 122 cm³/mol. The van der Waals surface area contributed by atoms with Crippen molar-refractivity contribution in [1.82, 2.24) is 10.2 Å². The normalized spacial score (nSPS) is 21.9. The molecular weight excluding hydrogens is 464 g/mol. The molecule has 2 fully saturated rings. The molecule has 2 aromatic rings. The van der Waals surface area contributed by atoms with E-state index in [2.05, 4.69) is 5.32 Å². The summed E-state index contributed by atoms with van der Waals surface area (Å²) in [6.45, 7) is 3.83. The number of amides is 1. The Hall–Kier alpha value is -2.78. The summed E-state index contributed by atoms with van der Waals surface area (Å²) in [6.07, 6.45) is -4.43. The zero-order valence-corrected chi connectivity index (χ0v) is 19.5. The summed E-state index contributed by atoms with van der Waals surface area (Å²) >= 11 is 0. The van der Waals surface area contributed by atoms with Crippen molar-refractivity contribution in [3.05, 3.63) is 59.9 Å². The van der Waals surface area contributed by atoms with Crippen LogP contribution in [0.4, 0.5) is 17.6 Å². The Morgan fingerprint density at radius 2 is 1.83 bits per heavy atom. The summed E-state index contributed by atoms with van der Waals surface area (Å²) in [5.74, 6) is -1.28. The SMILES string of the molecule is CC(C)C[C@H](N[C@@H](c1ccc(-c2ccccc2F)cc1)C(F)(F)F)C(=O)N1CC[C@H]2OCC(=O)[C@H]21. The lowest BCUT2D eigenvalue weighted by atomic mass is 9.97. The van der Waals surface area contributed by atoms with Crippen LogP contribution in [0.5, 0.6) is 0 Å². The number of fused-ring (bicyclic) bond motifs is 1. The quantitative estimate of drug-likeness (QED) is 0.571. The average molecular weight is 493 g/mol. The van der Waals surface area contributed by atoms with Crippen molar-refractivity contribution in [3.8, 4) is 11.1 Å². The standard InChI is InChI=1S/C26H28F4N2O3/c1-15(2)13-20(25(34)32-12-11-22-23(32)21(33)14-35-22)31-24(26(28,29)30)17-9-7-16(8-10-17)18-5-3-4-6-19(18)27/h3-10,15,20,22-24,31H,11-14H2,1-2H3/t20-,22+,23+,24-/m0/s1. The summed E-state index contributed by atoms with van der Waals surface area (Å²) in [4.78, 5) is 27.0. The van der Waals surface area contributed by atoms with Gasteiger partial charge in [-0.25, -0.2) is 4.39 Å². The summed E-state index contributed by atoms with van der Waals surface area (Å²) in [6, 6.07) is 7.51. The molecule has 2 heterocycles. The van der Waals surface area contributed by atoms with Gasteiger partial charge >= 0.3 is 6.18 Å². The number of Topliss-reactive ketones (excluding diaryl/α,β-unsaturated/α-hetero) is 1. The lowest BCUT2D eigenvalue weighted by Gasteiger charge is -2.32. The van der Waals surface area contributed by atoms with Gasteiger partial charge in [-0.2, -0.15) is 13.2 Å². The molecule has 0 aromatic heterocycles. The third kappa shape index (κ3) is 5.41. The lowest BCUT2D eigenvalue weighted by Crippen LogP contribution is -2.53. The van der Waals surface area contributed by atoms with Crippen LogP contribution in [0.25, 0.3) is 11.1 Å². The summed E-state index contributed by atoms with van der Waals surface area (Å²) < 4.78 is 62.1. The van der Waals surface area contributed by atoms with Crippen molar-refractivity contribution in [2.24, 2.45) is 5.92 Å². The molecule has 0 radical (unpaired) electrons. The van der Waals surface area contributed by atoms with Gasteiger partial charge in [0.15, 0.2) is 5.78 Å². The number of nitrogens with zero attached hydrogens (tertiary/aromatic N) is 1. The van der Waals surface area contributed by atoms with Gasteiger partial charge in [0, 0.05) is 12.1 Å². The molecule has 4 atom stereocenters. The van der Waals surface area contributed by atoms with E-state index < -0.39 is 42.1 Å². The Kier molecular flexibility index (Phi) is 7.28. The van der Waals surface area contributed by atoms with Gasteiger partial charge in [-0.3, -0.25) is 14.9 Å². The van der Waals surface area contributed by atoms with Gasteiger partial charge in [0.05, 0.1) is 12.1 Å². The topological polar surface area (TPSA) is 58.6 Å². The zero-order chi connectivity index (χ0) is 25.3. The fourth-order valence-corrected chi connectivity index (χ4v) is 4.88. The highest BCUT2D eigenvalue weighted by Gasteiger charge is 2.49. The fraction of sp³-hybridized carbons (Fsp3) is 0.462. The van der Waals surface area contributed by atoms with E-state index in [1.54, 1.807) is 12.1 Å². The number of likely N-dealkylation sites (tertiary alicyclic amines) is 1. The highest BCUT2D eigenvalue weighted by atomic mass is 19.4. The van der Waals surface area contributed by atoms with Crippen LogP contribution in [0.1, 0.15) is 38.3 Å². The second kappa shape index (κ2) is 10.1. The summed E-state index contributed by atoms with van der Waals surface area (Å²) in [7, 11) is 0. The molecule has 35 heavy (non-hydrogen) atoms. The highest BCUT2D eigenvalue weighted by molar-refractivity contribution is 5.94. The van der Waals surface area contributed by atoms with Crippen molar-refractivity contribution in [1.29, 1.82) is 0 Å². The molecule has 0 saturated carbocycles. The lowest BCUT2D eigenvalue weighted by molar-refractivity contribution is -0.163. The van der Waals surface area contributed by atoms with E-state index in [1.807, 2.05) is 13.8 Å². The van der Waals surface area contributed by atoms with Gasteiger partial charge < -0.3 is 9.64 Å². The molecule has 0 unspecified atom stereocenters. The molecule has 1 N–H and O–H groups in total. The number of rotatable bonds is 7. The number of alkyl halides is 3. The third-order valence-corrected chi connectivity index (χ3v) is 6.52. The maximum absolute atomic E-state index is 14.2. The Balaban J connectivity index is 1.60. The molecule has 1 amide bonds. The Morgan fingerprint density at radius 1 is 1.14 bits per heavy atom. The monoisotopic (exact) mass is 492 g/mol. The van der Waals surface area contributed by atoms with Crippen LogP contribution in [0.15, 0.2) is 48.5 Å². The largest absolute Gasteiger partial charge is 0.407 e. The first-order chi connectivity index (χ1) is 16.6. The number of hydrogen-bond donors (Lipinski definition) is 1. The van der Waals surface area contributed by atoms with E-state index in [9.17, 15) is 27.2 Å². The molecule has 2 aliphatic heterocycles. The molecule has 9 heteroatoms. The van der Waals surface area contributed by atoms with Crippen LogP contribution in [-0.2, 0) is 14.3 Å². The number of halogens is 4. The molecule has 0 spiro atoms. The van der Waals surface area contributed by atoms with Crippen LogP contribution in [0, 0.1) is 11.7 Å². The second-order valence-corrected chi connectivity index (χ2v) is 9.51. The van der Waals surface area contributed by atoms with Crippen LogP contribution in [-0.4, -0.2) is 54.1 Å². The fourth-order valence-electron chi connectivity index (χ4n) is 4.88. The molecule has 4 rings (SSSR count). The van der Waals surface area contributed by atoms with E-state index in [-0.39, 0.29) is 42.4 Å². The van der Waals surface area contributed by atoms with Crippen molar-refractivity contribution < 1.29 is 31.9 Å². The minimum Gasteiger partial charge on any atom is -0.368 e. The molecule has 0 aliphatic carbocycles. The molecule has 2 saturated heterocycles. The van der Waals surface area contributed by atoms with Crippen LogP contribution < -0.4 is 5.32 Å². The molecule has 2 aliphatic rings. The van der Waals surface area contributed by atoms with Gasteiger partial charge in [0.25, 0.3) is 0 Å². The van der Waals surface area contributed by atoms with Crippen molar-refractivity contribution in [2.75, 3.05) is 13.2 Å². The molecule has 0 bridgehead atoms. The van der Waals surface area contributed by atoms with Crippen molar-refractivity contribution in [3.63, 3.8) is 0 Å². The van der Waals surface area contributed by atoms with Gasteiger partial charge in [-0.1, -0.05) is 56.3 Å². The van der Waals surface area contributed by atoms with Crippen molar-refractivity contribution >= 4 is 11.7 Å². The van der Waals surface area contributed by atoms with Gasteiger partial charge in [-0.15, -0.1) is 0 Å². The number of nitrogens with one attached hydrogen (secondary N) is 1. The van der Waals surface area contributed by atoms with E-state index in [0.29, 0.717) is 12.0 Å². The highest BCUT2D eigenvalue weighted by Crippen LogP contribution is 2.36. The first-order valence-electron chi connectivity index (χ1n) is 11.7. The summed E-state index contributed by atoms with van der Waals surface area (Å²) in [5, 5.41) is 2.54. The molecule has 2 aromatic carbocycles. The summed E-state index contributed by atoms with van der Waals surface area (Å²) in [5.41, 5.74) is 0.652. The predicted octanol–water partition coefficient (Wildman–Crippen LogP) is 4.67. The Morgan fingerprint density at radius 3 is 2.46 bits per heavy atom. The van der Waals surface area contributed by atoms with E-state index >= 15 is 0 Å². The van der Waals surface area contributed by atoms with Crippen LogP contribution in [0.2, 0.25) is 0 Å². The molecular formula is C26H28F4N2O3. The smallest absolute Gasteiger partial charge is 0.368 e. The number of hydrogen-bond acceptors (Lipinski definition) is 4. The number of ether oxygens (including phenoxy) is 1. The Bertz CT molecular complexity index is 1070. The maximum atomic E-state index is 14.2. The maximum Gasteiger partial charge on any atom is 0.407 e. The van der Waals surface area contributed by atoms with E-state index in [4.69, 9.17) is 4.74 Å². The first kappa shape index (κ1) is 25.3. The zero-order valence-electron chi connectivity index (χ0n) is 19.5. The number of carbonyl (C=O) groups is 2. The van der Waals surface area contributed by atoms with E-state index in [0.717, 1.165) is 0 Å². The van der Waals surface area contributed by atoms with E-state index in [1.165, 1.54) is 41.3 Å². The number of carbonyl (C=O) groups excluding carboxylic acids is 2. The van der Waals surface area contributed by atoms with Crippen LogP contribution in [0.3, 0.4) is 0 Å². The number of benzene rings is 2. The minimum atomic E-state index is -4.69. The van der Waals surface area contributed by atoms with Gasteiger partial charge in [0.1, 0.15) is 24.5 Å². The average Bonchev–Trinajstić information content (AvgIpc) is 3.39. The molecule has 5 nitrogen and oxygen atoms in total. The van der Waals surface area contributed by atoms with Gasteiger partial charge in [0.2, 0.25) is 5.91 Å². The number of ketones is 1. The Labute approximate surface area is 201 Å².